The molecule has 0 bridgehead atoms. The summed E-state index contributed by atoms with van der Waals surface area (Å²) in [6.45, 7) is 11.8. The Morgan fingerprint density at radius 3 is 1.90 bits per heavy atom. The molecule has 0 fully saturated rings. The van der Waals surface area contributed by atoms with Crippen LogP contribution in [0.4, 0.5) is 0 Å². The summed E-state index contributed by atoms with van der Waals surface area (Å²) in [7, 11) is 0. The summed E-state index contributed by atoms with van der Waals surface area (Å²) in [5, 5.41) is 0. The van der Waals surface area contributed by atoms with Gasteiger partial charge >= 0.3 is 11.9 Å². The molecule has 0 radical (unpaired) electrons. The minimum Gasteiger partial charge on any atom is -0.465 e. The van der Waals surface area contributed by atoms with Gasteiger partial charge in [-0.2, -0.15) is 0 Å². The predicted molar refractivity (Wildman–Crippen MR) is 79.3 cm³/mol. The van der Waals surface area contributed by atoms with Crippen molar-refractivity contribution in [3.8, 4) is 0 Å². The number of carbonyl (C=O) groups excluding carboxylic acids is 2. The van der Waals surface area contributed by atoms with Crippen LogP contribution in [0.1, 0.15) is 67.2 Å². The Morgan fingerprint density at radius 2 is 1.40 bits per heavy atom. The monoisotopic (exact) mass is 286 g/mol. The van der Waals surface area contributed by atoms with Crippen molar-refractivity contribution in [2.45, 2.75) is 67.2 Å². The number of unbranched alkanes of at least 4 members (excludes halogenated alkanes) is 3. The van der Waals surface area contributed by atoms with Gasteiger partial charge in [0.1, 0.15) is 0 Å². The molecule has 0 aliphatic heterocycles. The Balaban J connectivity index is 4.19. The molecule has 0 N–H and O–H groups in total. The zero-order valence-electron chi connectivity index (χ0n) is 13.9. The number of ether oxygens (including phenoxy) is 2. The molecule has 0 unspecified atom stereocenters. The molecular weight excluding hydrogens is 256 g/mol. The standard InChI is InChI=1S/C16H30O4/c1-7-8-9-10-11-19-13(17)16(5,6)14(18)20-12-15(2,3)4/h7-12H2,1-6H3. The number of hydrogen-bond donors (Lipinski definition) is 0. The fraction of sp³-hybridized carbons (Fsp3) is 0.875. The van der Waals surface area contributed by atoms with Gasteiger partial charge in [0.25, 0.3) is 0 Å². The lowest BCUT2D eigenvalue weighted by atomic mass is 9.93. The quantitative estimate of drug-likeness (QED) is 0.387. The van der Waals surface area contributed by atoms with Gasteiger partial charge in [0.2, 0.25) is 0 Å². The molecule has 0 aromatic carbocycles. The maximum absolute atomic E-state index is 12.0. The first-order valence-electron chi connectivity index (χ1n) is 7.45. The zero-order chi connectivity index (χ0) is 15.8. The van der Waals surface area contributed by atoms with Crippen molar-refractivity contribution in [2.75, 3.05) is 13.2 Å². The van der Waals surface area contributed by atoms with E-state index in [1.165, 1.54) is 0 Å². The van der Waals surface area contributed by atoms with E-state index in [1.807, 2.05) is 20.8 Å². The summed E-state index contributed by atoms with van der Waals surface area (Å²) in [6.07, 6.45) is 4.15. The number of esters is 2. The van der Waals surface area contributed by atoms with Crippen molar-refractivity contribution in [2.24, 2.45) is 10.8 Å². The smallest absolute Gasteiger partial charge is 0.322 e. The van der Waals surface area contributed by atoms with Gasteiger partial charge in [-0.1, -0.05) is 47.0 Å². The van der Waals surface area contributed by atoms with Crippen LogP contribution in [0.5, 0.6) is 0 Å². The van der Waals surface area contributed by atoms with E-state index in [2.05, 4.69) is 6.92 Å². The predicted octanol–water partition coefficient (Wildman–Crippen LogP) is 3.73. The van der Waals surface area contributed by atoms with Crippen LogP contribution in [0.15, 0.2) is 0 Å². The van der Waals surface area contributed by atoms with Crippen LogP contribution in [0.25, 0.3) is 0 Å². The summed E-state index contributed by atoms with van der Waals surface area (Å²) >= 11 is 0. The fourth-order valence-corrected chi connectivity index (χ4v) is 1.42. The molecule has 20 heavy (non-hydrogen) atoms. The van der Waals surface area contributed by atoms with Crippen molar-refractivity contribution in [1.82, 2.24) is 0 Å². The highest BCUT2D eigenvalue weighted by Gasteiger charge is 2.39. The van der Waals surface area contributed by atoms with E-state index in [0.29, 0.717) is 13.2 Å². The summed E-state index contributed by atoms with van der Waals surface area (Å²) in [6, 6.07) is 0. The van der Waals surface area contributed by atoms with Gasteiger partial charge in [0.15, 0.2) is 5.41 Å². The van der Waals surface area contributed by atoms with Crippen molar-refractivity contribution >= 4 is 11.9 Å². The van der Waals surface area contributed by atoms with E-state index in [1.54, 1.807) is 13.8 Å². The van der Waals surface area contributed by atoms with Gasteiger partial charge in [-0.3, -0.25) is 9.59 Å². The van der Waals surface area contributed by atoms with E-state index in [-0.39, 0.29) is 5.41 Å². The van der Waals surface area contributed by atoms with Crippen molar-refractivity contribution in [3.63, 3.8) is 0 Å². The molecule has 0 amide bonds. The SMILES string of the molecule is CCCCCCOC(=O)C(C)(C)C(=O)OCC(C)(C)C. The number of rotatable bonds is 8. The highest BCUT2D eigenvalue weighted by atomic mass is 16.6. The van der Waals surface area contributed by atoms with Crippen LogP contribution >= 0.6 is 0 Å². The maximum atomic E-state index is 12.0. The van der Waals surface area contributed by atoms with Crippen LogP contribution in [-0.4, -0.2) is 25.2 Å². The average Bonchev–Trinajstić information content (AvgIpc) is 2.34. The molecular formula is C16H30O4. The Hall–Kier alpha value is -1.06. The summed E-state index contributed by atoms with van der Waals surface area (Å²) in [4.78, 5) is 23.9. The zero-order valence-corrected chi connectivity index (χ0v) is 13.9. The summed E-state index contributed by atoms with van der Waals surface area (Å²) in [5.74, 6) is -1.03. The molecule has 0 spiro atoms. The molecule has 118 valence electrons. The second kappa shape index (κ2) is 8.28. The Bertz CT molecular complexity index is 313. The molecule has 0 heterocycles. The van der Waals surface area contributed by atoms with Gasteiger partial charge in [0, 0.05) is 0 Å². The molecule has 0 rings (SSSR count). The third-order valence-corrected chi connectivity index (χ3v) is 2.89. The first kappa shape index (κ1) is 18.9. The third kappa shape index (κ3) is 7.51. The molecule has 0 saturated heterocycles. The van der Waals surface area contributed by atoms with E-state index < -0.39 is 17.4 Å². The number of carbonyl (C=O) groups is 2. The van der Waals surface area contributed by atoms with E-state index in [0.717, 1.165) is 25.7 Å². The van der Waals surface area contributed by atoms with E-state index >= 15 is 0 Å². The second-order valence-corrected chi connectivity index (χ2v) is 6.96. The van der Waals surface area contributed by atoms with Crippen molar-refractivity contribution in [1.29, 1.82) is 0 Å². The van der Waals surface area contributed by atoms with E-state index in [4.69, 9.17) is 9.47 Å². The summed E-state index contributed by atoms with van der Waals surface area (Å²) in [5.41, 5.74) is -1.36. The first-order chi connectivity index (χ1) is 9.11. The van der Waals surface area contributed by atoms with Gasteiger partial charge in [0.05, 0.1) is 13.2 Å². The first-order valence-corrected chi connectivity index (χ1v) is 7.45. The lowest BCUT2D eigenvalue weighted by molar-refractivity contribution is -0.171. The normalized spacial score (nSPS) is 12.1. The minimum absolute atomic E-state index is 0.115. The summed E-state index contributed by atoms with van der Waals surface area (Å²) < 4.78 is 10.4. The van der Waals surface area contributed by atoms with Crippen molar-refractivity contribution < 1.29 is 19.1 Å². The molecule has 0 aliphatic rings. The van der Waals surface area contributed by atoms with Crippen LogP contribution in [0.3, 0.4) is 0 Å². The maximum Gasteiger partial charge on any atom is 0.322 e. The second-order valence-electron chi connectivity index (χ2n) is 6.96. The molecule has 0 aromatic rings. The Morgan fingerprint density at radius 1 is 0.850 bits per heavy atom. The topological polar surface area (TPSA) is 52.6 Å². The average molecular weight is 286 g/mol. The minimum atomic E-state index is -1.24. The van der Waals surface area contributed by atoms with Crippen LogP contribution in [0.2, 0.25) is 0 Å². The van der Waals surface area contributed by atoms with Gasteiger partial charge < -0.3 is 9.47 Å². The molecule has 0 aromatic heterocycles. The Labute approximate surface area is 123 Å². The van der Waals surface area contributed by atoms with Crippen LogP contribution < -0.4 is 0 Å². The third-order valence-electron chi connectivity index (χ3n) is 2.89. The molecule has 4 nitrogen and oxygen atoms in total. The lowest BCUT2D eigenvalue weighted by Gasteiger charge is -2.24. The molecule has 0 aliphatic carbocycles. The Kier molecular flexibility index (Phi) is 7.84. The highest BCUT2D eigenvalue weighted by molar-refractivity contribution is 5.99. The van der Waals surface area contributed by atoms with Gasteiger partial charge in [-0.15, -0.1) is 0 Å². The largest absolute Gasteiger partial charge is 0.465 e. The van der Waals surface area contributed by atoms with Crippen LogP contribution in [0, 0.1) is 10.8 Å². The van der Waals surface area contributed by atoms with Gasteiger partial charge in [-0.25, -0.2) is 0 Å². The van der Waals surface area contributed by atoms with E-state index in [9.17, 15) is 9.59 Å². The lowest BCUT2D eigenvalue weighted by Crippen LogP contribution is -2.38. The number of hydrogen-bond acceptors (Lipinski definition) is 4. The van der Waals surface area contributed by atoms with Crippen molar-refractivity contribution in [3.05, 3.63) is 0 Å². The molecule has 0 atom stereocenters. The molecule has 4 heteroatoms. The van der Waals surface area contributed by atoms with Gasteiger partial charge in [-0.05, 0) is 25.7 Å². The molecule has 0 saturated carbocycles. The van der Waals surface area contributed by atoms with Crippen LogP contribution in [-0.2, 0) is 19.1 Å². The highest BCUT2D eigenvalue weighted by Crippen LogP contribution is 2.22. The fourth-order valence-electron chi connectivity index (χ4n) is 1.42.